The topological polar surface area (TPSA) is 107 Å². The number of aryl methyl sites for hydroxylation is 2. The number of amides is 2. The molecule has 160 valence electrons. The maximum absolute atomic E-state index is 12.3. The Kier molecular flexibility index (Phi) is 5.57. The summed E-state index contributed by atoms with van der Waals surface area (Å²) in [4.78, 5) is 28.4. The zero-order chi connectivity index (χ0) is 22.0. The Hall–Kier alpha value is -3.88. The van der Waals surface area contributed by atoms with Crippen LogP contribution in [0.1, 0.15) is 29.2 Å². The number of ether oxygens (including phenoxy) is 2. The van der Waals surface area contributed by atoms with Gasteiger partial charge in [-0.2, -0.15) is 10.1 Å². The smallest absolute Gasteiger partial charge is 0.262 e. The molecule has 0 unspecified atom stereocenters. The van der Waals surface area contributed by atoms with Gasteiger partial charge in [-0.25, -0.2) is 4.68 Å². The molecule has 3 aromatic rings. The van der Waals surface area contributed by atoms with E-state index in [1.54, 1.807) is 16.8 Å². The number of benzene rings is 2. The van der Waals surface area contributed by atoms with Crippen molar-refractivity contribution in [1.82, 2.24) is 14.8 Å². The van der Waals surface area contributed by atoms with E-state index in [-0.39, 0.29) is 30.9 Å². The Morgan fingerprint density at radius 1 is 1.19 bits per heavy atom. The molecule has 0 radical (unpaired) electrons. The minimum Gasteiger partial charge on any atom is -0.493 e. The van der Waals surface area contributed by atoms with E-state index in [9.17, 15) is 9.59 Å². The molecule has 4 rings (SSSR count). The van der Waals surface area contributed by atoms with Gasteiger partial charge in [0.25, 0.3) is 5.91 Å². The summed E-state index contributed by atoms with van der Waals surface area (Å²) < 4.78 is 12.8. The molecule has 1 aliphatic heterocycles. The summed E-state index contributed by atoms with van der Waals surface area (Å²) >= 11 is 0. The Bertz CT molecular complexity index is 1140. The van der Waals surface area contributed by atoms with Gasteiger partial charge in [-0.1, -0.05) is 12.1 Å². The van der Waals surface area contributed by atoms with Gasteiger partial charge < -0.3 is 14.8 Å². The number of nitrogens with zero attached hydrogens (tertiary/aromatic N) is 3. The fraction of sp³-hybridized carbons (Fsp3) is 0.273. The fourth-order valence-corrected chi connectivity index (χ4v) is 3.43. The highest BCUT2D eigenvalue weighted by molar-refractivity contribution is 5.92. The second-order valence-corrected chi connectivity index (χ2v) is 7.34. The molecule has 9 nitrogen and oxygen atoms in total. The van der Waals surface area contributed by atoms with Gasteiger partial charge in [0.2, 0.25) is 11.9 Å². The van der Waals surface area contributed by atoms with E-state index in [1.165, 1.54) is 13.4 Å². The van der Waals surface area contributed by atoms with Gasteiger partial charge in [0, 0.05) is 5.69 Å². The van der Waals surface area contributed by atoms with Crippen LogP contribution in [0, 0.1) is 13.8 Å². The zero-order valence-electron chi connectivity index (χ0n) is 17.5. The Morgan fingerprint density at radius 2 is 2.03 bits per heavy atom. The third-order valence-corrected chi connectivity index (χ3v) is 5.22. The van der Waals surface area contributed by atoms with Crippen molar-refractivity contribution in [3.8, 4) is 11.5 Å². The SMILES string of the molecule is COc1cc([C@@H]2CC(=O)Nc3ncnn32)ccc1OCC(=O)Nc1ccc(C)c(C)c1. The number of rotatable bonds is 6. The van der Waals surface area contributed by atoms with Crippen LogP contribution in [0.15, 0.2) is 42.7 Å². The van der Waals surface area contributed by atoms with E-state index in [0.717, 1.165) is 22.4 Å². The summed E-state index contributed by atoms with van der Waals surface area (Å²) in [6.45, 7) is 3.84. The summed E-state index contributed by atoms with van der Waals surface area (Å²) in [6, 6.07) is 10.8. The van der Waals surface area contributed by atoms with Gasteiger partial charge in [-0.3, -0.25) is 14.9 Å². The average molecular weight is 421 g/mol. The second-order valence-electron chi connectivity index (χ2n) is 7.34. The molecule has 0 spiro atoms. The predicted octanol–water partition coefficient (Wildman–Crippen LogP) is 2.85. The van der Waals surface area contributed by atoms with Crippen LogP contribution in [0.4, 0.5) is 11.6 Å². The summed E-state index contributed by atoms with van der Waals surface area (Å²) in [7, 11) is 1.52. The molecule has 2 aromatic carbocycles. The van der Waals surface area contributed by atoms with Crippen LogP contribution in [0.3, 0.4) is 0 Å². The lowest BCUT2D eigenvalue weighted by Gasteiger charge is -2.24. The molecule has 0 saturated heterocycles. The van der Waals surface area contributed by atoms with Gasteiger partial charge in [0.05, 0.1) is 19.6 Å². The van der Waals surface area contributed by atoms with Crippen molar-refractivity contribution in [2.24, 2.45) is 0 Å². The molecule has 2 N–H and O–H groups in total. The second kappa shape index (κ2) is 8.47. The number of hydrogen-bond acceptors (Lipinski definition) is 6. The van der Waals surface area contributed by atoms with Crippen LogP contribution in [0.5, 0.6) is 11.5 Å². The van der Waals surface area contributed by atoms with Crippen molar-refractivity contribution in [2.75, 3.05) is 24.4 Å². The normalized spacial score (nSPS) is 15.1. The first kappa shape index (κ1) is 20.4. The van der Waals surface area contributed by atoms with Gasteiger partial charge in [0.15, 0.2) is 18.1 Å². The highest BCUT2D eigenvalue weighted by atomic mass is 16.5. The first-order valence-corrected chi connectivity index (χ1v) is 9.82. The van der Waals surface area contributed by atoms with Crippen LogP contribution in [0.25, 0.3) is 0 Å². The van der Waals surface area contributed by atoms with Crippen molar-refractivity contribution in [3.63, 3.8) is 0 Å². The molecule has 0 bridgehead atoms. The molecule has 0 fully saturated rings. The van der Waals surface area contributed by atoms with Crippen molar-refractivity contribution in [1.29, 1.82) is 0 Å². The van der Waals surface area contributed by atoms with Gasteiger partial charge in [-0.15, -0.1) is 0 Å². The minimum atomic E-state index is -0.303. The van der Waals surface area contributed by atoms with Crippen LogP contribution < -0.4 is 20.1 Å². The monoisotopic (exact) mass is 421 g/mol. The molecule has 1 aromatic heterocycles. The van der Waals surface area contributed by atoms with E-state index >= 15 is 0 Å². The first-order chi connectivity index (χ1) is 14.9. The van der Waals surface area contributed by atoms with Crippen molar-refractivity contribution >= 4 is 23.5 Å². The van der Waals surface area contributed by atoms with Gasteiger partial charge in [-0.05, 0) is 54.8 Å². The van der Waals surface area contributed by atoms with Crippen LogP contribution in [-0.2, 0) is 9.59 Å². The molecule has 2 amide bonds. The van der Waals surface area contributed by atoms with Gasteiger partial charge in [0.1, 0.15) is 6.33 Å². The number of carbonyl (C=O) groups excluding carboxylic acids is 2. The third kappa shape index (κ3) is 4.35. The van der Waals surface area contributed by atoms with Crippen molar-refractivity contribution < 1.29 is 19.1 Å². The number of aromatic nitrogens is 3. The van der Waals surface area contributed by atoms with Crippen LogP contribution in [0.2, 0.25) is 0 Å². The number of anilines is 2. The lowest BCUT2D eigenvalue weighted by atomic mass is 10.0. The number of fused-ring (bicyclic) bond motifs is 1. The molecule has 1 atom stereocenters. The molecule has 9 heteroatoms. The van der Waals surface area contributed by atoms with Crippen molar-refractivity contribution in [3.05, 3.63) is 59.4 Å². The maximum atomic E-state index is 12.3. The molecule has 2 heterocycles. The van der Waals surface area contributed by atoms with Crippen LogP contribution >= 0.6 is 0 Å². The summed E-state index contributed by atoms with van der Waals surface area (Å²) in [6.07, 6.45) is 1.63. The standard InChI is InChI=1S/C22H23N5O4/c1-13-4-6-16(8-14(13)2)25-21(29)11-31-18-7-5-15(9-19(18)30-3)17-10-20(28)26-22-23-12-24-27(17)22/h4-9,12,17H,10-11H2,1-3H3,(H,25,29)(H,23,24,26,28)/t17-/m0/s1. The van der Waals surface area contributed by atoms with Crippen LogP contribution in [-0.4, -0.2) is 40.3 Å². The molecular weight excluding hydrogens is 398 g/mol. The first-order valence-electron chi connectivity index (χ1n) is 9.82. The van der Waals surface area contributed by atoms with Crippen molar-refractivity contribution in [2.45, 2.75) is 26.3 Å². The van der Waals surface area contributed by atoms with E-state index < -0.39 is 0 Å². The molecular formula is C22H23N5O4. The quantitative estimate of drug-likeness (QED) is 0.634. The number of hydrogen-bond donors (Lipinski definition) is 2. The maximum Gasteiger partial charge on any atom is 0.262 e. The van der Waals surface area contributed by atoms with E-state index in [2.05, 4.69) is 20.7 Å². The fourth-order valence-electron chi connectivity index (χ4n) is 3.43. The highest BCUT2D eigenvalue weighted by Crippen LogP contribution is 2.34. The predicted molar refractivity (Wildman–Crippen MR) is 114 cm³/mol. The molecule has 0 saturated carbocycles. The Labute approximate surface area is 179 Å². The summed E-state index contributed by atoms with van der Waals surface area (Å²) in [5.41, 5.74) is 3.80. The third-order valence-electron chi connectivity index (χ3n) is 5.22. The highest BCUT2D eigenvalue weighted by Gasteiger charge is 2.28. The Morgan fingerprint density at radius 3 is 2.81 bits per heavy atom. The number of carbonyl (C=O) groups is 2. The Balaban J connectivity index is 1.46. The molecule has 0 aliphatic carbocycles. The largest absolute Gasteiger partial charge is 0.493 e. The van der Waals surface area contributed by atoms with E-state index in [4.69, 9.17) is 9.47 Å². The van der Waals surface area contributed by atoms with E-state index in [0.29, 0.717) is 17.4 Å². The summed E-state index contributed by atoms with van der Waals surface area (Å²) in [5, 5.41) is 9.72. The zero-order valence-corrected chi connectivity index (χ0v) is 17.5. The lowest BCUT2D eigenvalue weighted by Crippen LogP contribution is -2.29. The molecule has 1 aliphatic rings. The summed E-state index contributed by atoms with van der Waals surface area (Å²) in [5.74, 6) is 0.895. The number of nitrogens with one attached hydrogen (secondary N) is 2. The van der Waals surface area contributed by atoms with E-state index in [1.807, 2.05) is 38.1 Å². The average Bonchev–Trinajstić information content (AvgIpc) is 3.22. The lowest BCUT2D eigenvalue weighted by molar-refractivity contribution is -0.118. The number of methoxy groups -OCH3 is 1. The molecule has 31 heavy (non-hydrogen) atoms. The minimum absolute atomic E-state index is 0.132. The van der Waals surface area contributed by atoms with Gasteiger partial charge >= 0.3 is 0 Å².